The summed E-state index contributed by atoms with van der Waals surface area (Å²) in [7, 11) is 0. The average molecular weight is 201 g/mol. The van der Waals surface area contributed by atoms with Gasteiger partial charge < -0.3 is 5.73 Å². The maximum atomic E-state index is 12.9. The molecule has 1 aliphatic rings. The van der Waals surface area contributed by atoms with Crippen LogP contribution in [0.1, 0.15) is 24.8 Å². The van der Waals surface area contributed by atoms with Crippen molar-refractivity contribution in [3.63, 3.8) is 0 Å². The van der Waals surface area contributed by atoms with Crippen molar-refractivity contribution in [2.24, 2.45) is 5.73 Å². The van der Waals surface area contributed by atoms with Gasteiger partial charge in [0.1, 0.15) is 0 Å². The Labute approximate surface area is 79.7 Å². The van der Waals surface area contributed by atoms with E-state index in [1.807, 2.05) is 0 Å². The number of hydrogen-bond donors (Lipinski definition) is 1. The summed E-state index contributed by atoms with van der Waals surface area (Å²) >= 11 is 0. The van der Waals surface area contributed by atoms with E-state index in [0.717, 1.165) is 18.6 Å². The molecule has 0 radical (unpaired) electrons. The van der Waals surface area contributed by atoms with Gasteiger partial charge >= 0.3 is 0 Å². The highest BCUT2D eigenvalue weighted by Crippen LogP contribution is 2.39. The fraction of sp³-hybridized carbons (Fsp3) is 0.400. The lowest BCUT2D eigenvalue weighted by Crippen LogP contribution is -2.43. The van der Waals surface area contributed by atoms with Gasteiger partial charge in [0.25, 0.3) is 0 Å². The molecule has 1 saturated carbocycles. The van der Waals surface area contributed by atoms with Crippen LogP contribution in [0.2, 0.25) is 0 Å². The van der Waals surface area contributed by atoms with Gasteiger partial charge in [0.05, 0.1) is 0 Å². The summed E-state index contributed by atoms with van der Waals surface area (Å²) in [4.78, 5) is 0. The third-order valence-electron chi connectivity index (χ3n) is 2.80. The molecule has 1 aromatic carbocycles. The van der Waals surface area contributed by atoms with Gasteiger partial charge in [-0.05, 0) is 37.0 Å². The van der Waals surface area contributed by atoms with E-state index in [9.17, 15) is 13.2 Å². The molecule has 0 atom stereocenters. The van der Waals surface area contributed by atoms with E-state index in [1.54, 1.807) is 0 Å². The monoisotopic (exact) mass is 201 g/mol. The number of benzene rings is 1. The van der Waals surface area contributed by atoms with Crippen molar-refractivity contribution in [2.45, 2.75) is 24.8 Å². The predicted molar refractivity (Wildman–Crippen MR) is 46.0 cm³/mol. The van der Waals surface area contributed by atoms with Crippen molar-refractivity contribution in [3.05, 3.63) is 35.1 Å². The highest BCUT2D eigenvalue weighted by Gasteiger charge is 2.35. The highest BCUT2D eigenvalue weighted by atomic mass is 19.2. The maximum absolute atomic E-state index is 12.9. The van der Waals surface area contributed by atoms with Gasteiger partial charge in [0, 0.05) is 5.54 Å². The molecule has 14 heavy (non-hydrogen) atoms. The Morgan fingerprint density at radius 1 is 1.07 bits per heavy atom. The fourth-order valence-corrected chi connectivity index (χ4v) is 1.69. The molecule has 4 heteroatoms. The minimum atomic E-state index is -1.43. The minimum absolute atomic E-state index is 0.347. The lowest BCUT2D eigenvalue weighted by atomic mass is 9.73. The molecule has 1 aromatic rings. The average Bonchev–Trinajstić information content (AvgIpc) is 2.09. The molecule has 76 valence electrons. The topological polar surface area (TPSA) is 26.0 Å². The van der Waals surface area contributed by atoms with Crippen LogP contribution >= 0.6 is 0 Å². The second-order valence-corrected chi connectivity index (χ2v) is 3.76. The molecule has 0 spiro atoms. The summed E-state index contributed by atoms with van der Waals surface area (Å²) < 4.78 is 38.4. The molecule has 0 aliphatic heterocycles. The molecule has 0 bridgehead atoms. The normalized spacial score (nSPS) is 19.1. The summed E-state index contributed by atoms with van der Waals surface area (Å²) in [5, 5.41) is 0. The Hall–Kier alpha value is -1.03. The summed E-state index contributed by atoms with van der Waals surface area (Å²) in [6.45, 7) is 0. The molecule has 0 amide bonds. The highest BCUT2D eigenvalue weighted by molar-refractivity contribution is 5.28. The van der Waals surface area contributed by atoms with E-state index in [-0.39, 0.29) is 0 Å². The zero-order valence-electron chi connectivity index (χ0n) is 7.49. The maximum Gasteiger partial charge on any atom is 0.194 e. The molecule has 1 aliphatic carbocycles. The van der Waals surface area contributed by atoms with Crippen molar-refractivity contribution in [1.82, 2.24) is 0 Å². The van der Waals surface area contributed by atoms with Gasteiger partial charge in [-0.3, -0.25) is 0 Å². The SMILES string of the molecule is NC1(c2cc(F)c(F)c(F)c2)CCC1. The van der Waals surface area contributed by atoms with E-state index < -0.39 is 23.0 Å². The van der Waals surface area contributed by atoms with E-state index in [2.05, 4.69) is 0 Å². The summed E-state index contributed by atoms with van der Waals surface area (Å²) in [5.41, 5.74) is 5.55. The Kier molecular flexibility index (Phi) is 2.03. The van der Waals surface area contributed by atoms with Crippen LogP contribution in [0.5, 0.6) is 0 Å². The quantitative estimate of drug-likeness (QED) is 0.694. The van der Waals surface area contributed by atoms with E-state index in [0.29, 0.717) is 18.4 Å². The zero-order valence-corrected chi connectivity index (χ0v) is 7.49. The number of hydrogen-bond acceptors (Lipinski definition) is 1. The Bertz CT molecular complexity index is 349. The zero-order chi connectivity index (χ0) is 10.3. The molecule has 2 N–H and O–H groups in total. The third kappa shape index (κ3) is 1.30. The van der Waals surface area contributed by atoms with Gasteiger partial charge in [0.15, 0.2) is 17.5 Å². The number of halogens is 3. The van der Waals surface area contributed by atoms with Crippen molar-refractivity contribution >= 4 is 0 Å². The first kappa shape index (κ1) is 9.52. The Morgan fingerprint density at radius 2 is 1.57 bits per heavy atom. The van der Waals surface area contributed by atoms with Crippen LogP contribution in [0, 0.1) is 17.5 Å². The number of nitrogens with two attached hydrogens (primary N) is 1. The van der Waals surface area contributed by atoms with E-state index >= 15 is 0 Å². The van der Waals surface area contributed by atoms with Gasteiger partial charge in [0.2, 0.25) is 0 Å². The predicted octanol–water partition coefficient (Wildman–Crippen LogP) is 2.44. The van der Waals surface area contributed by atoms with Crippen LogP contribution in [0.25, 0.3) is 0 Å². The first-order chi connectivity index (χ1) is 6.53. The van der Waals surface area contributed by atoms with Crippen molar-refractivity contribution in [2.75, 3.05) is 0 Å². The molecule has 0 aromatic heterocycles. The largest absolute Gasteiger partial charge is 0.321 e. The van der Waals surface area contributed by atoms with Gasteiger partial charge in [-0.25, -0.2) is 13.2 Å². The van der Waals surface area contributed by atoms with Gasteiger partial charge in [-0.15, -0.1) is 0 Å². The van der Waals surface area contributed by atoms with Crippen LogP contribution in [-0.2, 0) is 5.54 Å². The van der Waals surface area contributed by atoms with Crippen LogP contribution in [0.4, 0.5) is 13.2 Å². The second-order valence-electron chi connectivity index (χ2n) is 3.76. The Balaban J connectivity index is 2.45. The molecule has 0 heterocycles. The fourth-order valence-electron chi connectivity index (χ4n) is 1.69. The molecular weight excluding hydrogens is 191 g/mol. The molecular formula is C10H10F3N. The van der Waals surface area contributed by atoms with Crippen LogP contribution in [0.3, 0.4) is 0 Å². The van der Waals surface area contributed by atoms with Gasteiger partial charge in [-0.2, -0.15) is 0 Å². The first-order valence-electron chi connectivity index (χ1n) is 4.47. The lowest BCUT2D eigenvalue weighted by molar-refractivity contribution is 0.250. The van der Waals surface area contributed by atoms with Crippen molar-refractivity contribution in [3.8, 4) is 0 Å². The molecule has 0 saturated heterocycles. The third-order valence-corrected chi connectivity index (χ3v) is 2.80. The van der Waals surface area contributed by atoms with E-state index in [1.165, 1.54) is 0 Å². The van der Waals surface area contributed by atoms with Crippen LogP contribution < -0.4 is 5.73 Å². The molecule has 2 rings (SSSR count). The van der Waals surface area contributed by atoms with Crippen molar-refractivity contribution < 1.29 is 13.2 Å². The van der Waals surface area contributed by atoms with Crippen LogP contribution in [-0.4, -0.2) is 0 Å². The van der Waals surface area contributed by atoms with E-state index in [4.69, 9.17) is 5.73 Å². The van der Waals surface area contributed by atoms with Crippen LogP contribution in [0.15, 0.2) is 12.1 Å². The smallest absolute Gasteiger partial charge is 0.194 e. The summed E-state index contributed by atoms with van der Waals surface area (Å²) in [5.74, 6) is -3.77. The summed E-state index contributed by atoms with van der Waals surface area (Å²) in [6.07, 6.45) is 2.33. The van der Waals surface area contributed by atoms with Crippen molar-refractivity contribution in [1.29, 1.82) is 0 Å². The number of rotatable bonds is 1. The summed E-state index contributed by atoms with van der Waals surface area (Å²) in [6, 6.07) is 1.97. The molecule has 1 fully saturated rings. The standard InChI is InChI=1S/C10H10F3N/c11-7-4-6(5-8(12)9(7)13)10(14)2-1-3-10/h4-5H,1-3,14H2. The Morgan fingerprint density at radius 3 is 1.93 bits per heavy atom. The molecule has 1 nitrogen and oxygen atoms in total. The minimum Gasteiger partial charge on any atom is -0.321 e. The molecule has 0 unspecified atom stereocenters. The second kappa shape index (κ2) is 2.98. The first-order valence-corrected chi connectivity index (χ1v) is 4.47. The lowest BCUT2D eigenvalue weighted by Gasteiger charge is -2.38. The van der Waals surface area contributed by atoms with Gasteiger partial charge in [-0.1, -0.05) is 0 Å².